The van der Waals surface area contributed by atoms with Crippen molar-refractivity contribution in [2.75, 3.05) is 18.8 Å². The van der Waals surface area contributed by atoms with Crippen molar-refractivity contribution in [3.63, 3.8) is 0 Å². The van der Waals surface area contributed by atoms with Crippen LogP contribution < -0.4 is 5.32 Å². The van der Waals surface area contributed by atoms with Crippen molar-refractivity contribution in [3.05, 3.63) is 18.0 Å². The summed E-state index contributed by atoms with van der Waals surface area (Å²) in [4.78, 5) is 0. The first-order valence-corrected chi connectivity index (χ1v) is 7.86. The van der Waals surface area contributed by atoms with Gasteiger partial charge in [0.1, 0.15) is 0 Å². The van der Waals surface area contributed by atoms with E-state index < -0.39 is 0 Å². The van der Waals surface area contributed by atoms with Gasteiger partial charge in [0.2, 0.25) is 5.16 Å². The highest BCUT2D eigenvalue weighted by Gasteiger charge is 2.07. The van der Waals surface area contributed by atoms with Gasteiger partial charge in [-0.2, -0.15) is 5.10 Å². The van der Waals surface area contributed by atoms with Crippen LogP contribution in [0.1, 0.15) is 19.0 Å². The fourth-order valence-electron chi connectivity index (χ4n) is 1.82. The van der Waals surface area contributed by atoms with Gasteiger partial charge in [-0.3, -0.25) is 4.68 Å². The van der Waals surface area contributed by atoms with E-state index in [2.05, 4.69) is 32.9 Å². The fraction of sp³-hybridized carbons (Fsp3) is 0.667. The molecule has 20 heavy (non-hydrogen) atoms. The molecule has 2 heterocycles. The zero-order valence-corrected chi connectivity index (χ0v) is 12.8. The maximum atomic E-state index is 4.16. The summed E-state index contributed by atoms with van der Waals surface area (Å²) in [5, 5.41) is 20.2. The number of rotatable bonds is 9. The molecule has 2 aromatic heterocycles. The third-order valence-corrected chi connectivity index (χ3v) is 3.90. The Balaban J connectivity index is 1.75. The minimum absolute atomic E-state index is 0.807. The van der Waals surface area contributed by atoms with E-state index in [1.54, 1.807) is 11.8 Å². The Bertz CT molecular complexity index is 507. The van der Waals surface area contributed by atoms with E-state index in [1.807, 2.05) is 28.7 Å². The van der Waals surface area contributed by atoms with Gasteiger partial charge in [0.15, 0.2) is 0 Å². The molecule has 0 aliphatic heterocycles. The van der Waals surface area contributed by atoms with E-state index in [-0.39, 0.29) is 0 Å². The summed E-state index contributed by atoms with van der Waals surface area (Å²) in [6.07, 6.45) is 3.92. The predicted octanol–water partition coefficient (Wildman–Crippen LogP) is 0.741. The van der Waals surface area contributed by atoms with Gasteiger partial charge in [0.25, 0.3) is 0 Å². The summed E-state index contributed by atoms with van der Waals surface area (Å²) in [6, 6.07) is 2.04. The summed E-state index contributed by atoms with van der Waals surface area (Å²) in [6.45, 7) is 4.89. The maximum Gasteiger partial charge on any atom is 0.209 e. The minimum Gasteiger partial charge on any atom is -0.315 e. The van der Waals surface area contributed by atoms with E-state index in [0.717, 1.165) is 43.4 Å². The average molecular weight is 295 g/mol. The molecule has 0 aliphatic rings. The van der Waals surface area contributed by atoms with Gasteiger partial charge >= 0.3 is 0 Å². The minimum atomic E-state index is 0.807. The molecule has 0 fully saturated rings. The normalized spacial score (nSPS) is 11.1. The quantitative estimate of drug-likeness (QED) is 0.543. The molecule has 1 N–H and O–H groups in total. The first kappa shape index (κ1) is 15.0. The topological polar surface area (TPSA) is 73.5 Å². The number of thioether (sulfide) groups is 1. The number of aryl methyl sites for hydroxylation is 2. The Morgan fingerprint density at radius 1 is 1.35 bits per heavy atom. The lowest BCUT2D eigenvalue weighted by atomic mass is 10.3. The molecule has 0 amide bonds. The van der Waals surface area contributed by atoms with Crippen LogP contribution in [0.25, 0.3) is 0 Å². The molecular formula is C12H21N7S. The van der Waals surface area contributed by atoms with Crippen LogP contribution in [-0.2, 0) is 20.0 Å². The van der Waals surface area contributed by atoms with Gasteiger partial charge < -0.3 is 5.32 Å². The largest absolute Gasteiger partial charge is 0.315 e. The van der Waals surface area contributed by atoms with Crippen LogP contribution in [0, 0.1) is 0 Å². The number of hydrogen-bond acceptors (Lipinski definition) is 6. The molecule has 0 aliphatic carbocycles. The Labute approximate surface area is 123 Å². The van der Waals surface area contributed by atoms with Crippen molar-refractivity contribution in [2.45, 2.75) is 31.5 Å². The second-order valence-electron chi connectivity index (χ2n) is 4.48. The van der Waals surface area contributed by atoms with Crippen molar-refractivity contribution in [3.8, 4) is 0 Å². The SMILES string of the molecule is CCCNCCn1nnnc1SCCc1ccnn1C. The molecule has 0 aromatic carbocycles. The van der Waals surface area contributed by atoms with E-state index in [1.165, 1.54) is 5.69 Å². The van der Waals surface area contributed by atoms with Crippen molar-refractivity contribution in [1.29, 1.82) is 0 Å². The second kappa shape index (κ2) is 8.01. The number of nitrogens with zero attached hydrogens (tertiary/aromatic N) is 6. The molecular weight excluding hydrogens is 274 g/mol. The summed E-state index contributed by atoms with van der Waals surface area (Å²) < 4.78 is 3.76. The van der Waals surface area contributed by atoms with Crippen LogP contribution in [0.4, 0.5) is 0 Å². The van der Waals surface area contributed by atoms with Crippen molar-refractivity contribution in [2.24, 2.45) is 7.05 Å². The lowest BCUT2D eigenvalue weighted by Gasteiger charge is -2.05. The highest BCUT2D eigenvalue weighted by atomic mass is 32.2. The van der Waals surface area contributed by atoms with Crippen LogP contribution >= 0.6 is 11.8 Å². The summed E-state index contributed by atoms with van der Waals surface area (Å²) in [7, 11) is 1.96. The Kier molecular flexibility index (Phi) is 6.00. The molecule has 0 saturated heterocycles. The molecule has 0 bridgehead atoms. The van der Waals surface area contributed by atoms with E-state index in [4.69, 9.17) is 0 Å². The highest BCUT2D eigenvalue weighted by Crippen LogP contribution is 2.15. The Morgan fingerprint density at radius 2 is 2.25 bits per heavy atom. The molecule has 0 radical (unpaired) electrons. The van der Waals surface area contributed by atoms with Gasteiger partial charge in [-0.25, -0.2) is 4.68 Å². The van der Waals surface area contributed by atoms with E-state index in [0.29, 0.717) is 0 Å². The van der Waals surface area contributed by atoms with Crippen LogP contribution in [0.15, 0.2) is 17.4 Å². The fourth-order valence-corrected chi connectivity index (χ4v) is 2.69. The predicted molar refractivity (Wildman–Crippen MR) is 78.6 cm³/mol. The average Bonchev–Trinajstić information content (AvgIpc) is 3.05. The molecule has 0 spiro atoms. The first-order chi connectivity index (χ1) is 9.81. The third kappa shape index (κ3) is 4.31. The summed E-state index contributed by atoms with van der Waals surface area (Å²) in [5.74, 6) is 0.947. The third-order valence-electron chi connectivity index (χ3n) is 2.94. The van der Waals surface area contributed by atoms with Gasteiger partial charge in [-0.1, -0.05) is 18.7 Å². The Morgan fingerprint density at radius 3 is 3.00 bits per heavy atom. The lowest BCUT2D eigenvalue weighted by molar-refractivity contribution is 0.510. The first-order valence-electron chi connectivity index (χ1n) is 6.88. The molecule has 7 nitrogen and oxygen atoms in total. The smallest absolute Gasteiger partial charge is 0.209 e. The van der Waals surface area contributed by atoms with E-state index in [9.17, 15) is 0 Å². The molecule has 2 rings (SSSR count). The van der Waals surface area contributed by atoms with Crippen LogP contribution in [0.5, 0.6) is 0 Å². The number of tetrazole rings is 1. The zero-order valence-electron chi connectivity index (χ0n) is 12.0. The Hall–Kier alpha value is -1.41. The molecule has 2 aromatic rings. The standard InChI is InChI=1S/C12H21N7S/c1-3-6-13-8-9-19-12(15-16-17-19)20-10-5-11-4-7-14-18(11)2/h4,7,13H,3,5-6,8-10H2,1-2H3. The second-order valence-corrected chi connectivity index (χ2v) is 5.54. The maximum absolute atomic E-state index is 4.16. The number of nitrogens with one attached hydrogen (secondary N) is 1. The number of hydrogen-bond donors (Lipinski definition) is 1. The molecule has 8 heteroatoms. The number of aromatic nitrogens is 6. The van der Waals surface area contributed by atoms with Gasteiger partial charge in [0, 0.05) is 31.2 Å². The summed E-state index contributed by atoms with van der Waals surface area (Å²) >= 11 is 1.68. The van der Waals surface area contributed by atoms with Crippen LogP contribution in [0.2, 0.25) is 0 Å². The monoisotopic (exact) mass is 295 g/mol. The van der Waals surface area contributed by atoms with Crippen molar-refractivity contribution in [1.82, 2.24) is 35.3 Å². The van der Waals surface area contributed by atoms with Crippen molar-refractivity contribution < 1.29 is 0 Å². The van der Waals surface area contributed by atoms with Crippen LogP contribution in [0.3, 0.4) is 0 Å². The zero-order chi connectivity index (χ0) is 14.2. The van der Waals surface area contributed by atoms with Gasteiger partial charge in [0.05, 0.1) is 6.54 Å². The highest BCUT2D eigenvalue weighted by molar-refractivity contribution is 7.99. The summed E-state index contributed by atoms with van der Waals surface area (Å²) in [5.41, 5.74) is 1.22. The van der Waals surface area contributed by atoms with Gasteiger partial charge in [-0.15, -0.1) is 5.10 Å². The molecule has 110 valence electrons. The van der Waals surface area contributed by atoms with Gasteiger partial charge in [-0.05, 0) is 35.9 Å². The molecule has 0 saturated carbocycles. The van der Waals surface area contributed by atoms with Crippen LogP contribution in [-0.4, -0.2) is 48.8 Å². The van der Waals surface area contributed by atoms with E-state index >= 15 is 0 Å². The lowest BCUT2D eigenvalue weighted by Crippen LogP contribution is -2.21. The molecule has 0 unspecified atom stereocenters. The molecule has 0 atom stereocenters. The van der Waals surface area contributed by atoms with Crippen molar-refractivity contribution >= 4 is 11.8 Å².